The van der Waals surface area contributed by atoms with Crippen LogP contribution in [-0.2, 0) is 4.74 Å². The van der Waals surface area contributed by atoms with Crippen molar-refractivity contribution in [1.82, 2.24) is 0 Å². The average Bonchev–Trinajstić information content (AvgIpc) is 2.26. The molecule has 1 nitrogen and oxygen atoms in total. The second-order valence-electron chi connectivity index (χ2n) is 3.06. The maximum absolute atomic E-state index is 5.69. The fourth-order valence-corrected chi connectivity index (χ4v) is 1.65. The Balaban J connectivity index is 2.68. The summed E-state index contributed by atoms with van der Waals surface area (Å²) in [5, 5.41) is 0.788. The molecule has 76 valence electrons. The monoisotopic (exact) mass is 254 g/mol. The molecule has 0 heterocycles. The van der Waals surface area contributed by atoms with Crippen LogP contribution in [0, 0.1) is 0 Å². The van der Waals surface area contributed by atoms with Crippen molar-refractivity contribution in [3.8, 4) is 0 Å². The molecule has 1 rings (SSSR count). The summed E-state index contributed by atoms with van der Waals surface area (Å²) in [5.41, 5.74) is 1.18. The van der Waals surface area contributed by atoms with Crippen molar-refractivity contribution < 1.29 is 4.74 Å². The van der Waals surface area contributed by atoms with Gasteiger partial charge in [-0.1, -0.05) is 59.8 Å². The Labute approximate surface area is 93.9 Å². The molecule has 0 aliphatic carbocycles. The van der Waals surface area contributed by atoms with E-state index in [-0.39, 0.29) is 6.10 Å². The molecule has 0 saturated heterocycles. The number of allylic oxidation sites excluding steroid dienone is 1. The molecule has 0 amide bonds. The maximum Gasteiger partial charge on any atom is 0.133 e. The predicted molar refractivity (Wildman–Crippen MR) is 63.5 cm³/mol. The number of hydrogen-bond donors (Lipinski definition) is 0. The highest BCUT2D eigenvalue weighted by molar-refractivity contribution is 9.09. The highest BCUT2D eigenvalue weighted by atomic mass is 79.9. The number of benzene rings is 1. The Morgan fingerprint density at radius 1 is 1.43 bits per heavy atom. The minimum absolute atomic E-state index is 0.0728. The fraction of sp³-hybridized carbons (Fsp3) is 0.333. The summed E-state index contributed by atoms with van der Waals surface area (Å²) in [6.45, 7) is 5.88. The van der Waals surface area contributed by atoms with Gasteiger partial charge in [0.2, 0.25) is 0 Å². The van der Waals surface area contributed by atoms with E-state index in [4.69, 9.17) is 4.74 Å². The molecule has 1 atom stereocenters. The molecule has 1 aromatic carbocycles. The molecule has 0 N–H and O–H groups in total. The topological polar surface area (TPSA) is 9.23 Å². The van der Waals surface area contributed by atoms with Gasteiger partial charge in [0.25, 0.3) is 0 Å². The summed E-state index contributed by atoms with van der Waals surface area (Å²) in [6.07, 6.45) is 0.930. The average molecular weight is 255 g/mol. The molecule has 0 radical (unpaired) electrons. The van der Waals surface area contributed by atoms with Crippen molar-refractivity contribution in [1.29, 1.82) is 0 Å². The van der Waals surface area contributed by atoms with E-state index in [1.165, 1.54) is 5.56 Å². The number of alkyl halides is 1. The molecule has 0 aromatic heterocycles. The second kappa shape index (κ2) is 5.86. The lowest BCUT2D eigenvalue weighted by atomic mass is 10.1. The number of rotatable bonds is 5. The number of ether oxygens (including phenoxy) is 1. The Kier molecular flexibility index (Phi) is 4.74. The normalized spacial score (nSPS) is 12.1. The van der Waals surface area contributed by atoms with E-state index in [9.17, 15) is 0 Å². The predicted octanol–water partition coefficient (Wildman–Crippen LogP) is 4.06. The van der Waals surface area contributed by atoms with Gasteiger partial charge < -0.3 is 4.74 Å². The molecule has 0 aliphatic rings. The van der Waals surface area contributed by atoms with Gasteiger partial charge >= 0.3 is 0 Å². The molecular formula is C12H15BrO. The van der Waals surface area contributed by atoms with E-state index in [2.05, 4.69) is 34.6 Å². The lowest BCUT2D eigenvalue weighted by molar-refractivity contribution is 0.133. The molecule has 2 heteroatoms. The Morgan fingerprint density at radius 3 is 2.57 bits per heavy atom. The summed E-state index contributed by atoms with van der Waals surface area (Å²) in [4.78, 5) is 0. The third-order valence-electron chi connectivity index (χ3n) is 2.01. The smallest absolute Gasteiger partial charge is 0.133 e. The third kappa shape index (κ3) is 3.18. The zero-order valence-electron chi connectivity index (χ0n) is 8.37. The zero-order valence-corrected chi connectivity index (χ0v) is 9.96. The number of halogens is 1. The minimum Gasteiger partial charge on any atom is -0.490 e. The van der Waals surface area contributed by atoms with Gasteiger partial charge in [0.05, 0.1) is 5.76 Å². The van der Waals surface area contributed by atoms with Crippen LogP contribution in [0.5, 0.6) is 0 Å². The van der Waals surface area contributed by atoms with Crippen LogP contribution in [0.1, 0.15) is 25.0 Å². The van der Waals surface area contributed by atoms with Crippen molar-refractivity contribution in [2.24, 2.45) is 0 Å². The Morgan fingerprint density at radius 2 is 2.07 bits per heavy atom. The van der Waals surface area contributed by atoms with E-state index in [0.717, 1.165) is 17.5 Å². The first-order chi connectivity index (χ1) is 6.77. The third-order valence-corrected chi connectivity index (χ3v) is 2.60. The van der Waals surface area contributed by atoms with Crippen LogP contribution in [0.15, 0.2) is 42.7 Å². The fourth-order valence-electron chi connectivity index (χ4n) is 1.14. The Hall–Kier alpha value is -0.760. The lowest BCUT2D eigenvalue weighted by Gasteiger charge is -2.18. The van der Waals surface area contributed by atoms with Crippen molar-refractivity contribution in [2.75, 3.05) is 5.33 Å². The van der Waals surface area contributed by atoms with Gasteiger partial charge in [-0.05, 0) is 5.56 Å². The van der Waals surface area contributed by atoms with E-state index < -0.39 is 0 Å². The van der Waals surface area contributed by atoms with Crippen LogP contribution in [0.3, 0.4) is 0 Å². The lowest BCUT2D eigenvalue weighted by Crippen LogP contribution is -2.04. The second-order valence-corrected chi connectivity index (χ2v) is 3.71. The zero-order chi connectivity index (χ0) is 10.4. The molecule has 14 heavy (non-hydrogen) atoms. The molecule has 0 aliphatic heterocycles. The molecule has 0 fully saturated rings. The molecule has 1 unspecified atom stereocenters. The van der Waals surface area contributed by atoms with Crippen molar-refractivity contribution in [2.45, 2.75) is 19.4 Å². The van der Waals surface area contributed by atoms with Crippen LogP contribution in [0.2, 0.25) is 0 Å². The maximum atomic E-state index is 5.69. The van der Waals surface area contributed by atoms with E-state index in [1.54, 1.807) is 0 Å². The van der Waals surface area contributed by atoms with Crippen LogP contribution in [0.25, 0.3) is 0 Å². The summed E-state index contributed by atoms with van der Waals surface area (Å²) >= 11 is 3.44. The van der Waals surface area contributed by atoms with Gasteiger partial charge in [-0.2, -0.15) is 0 Å². The first-order valence-corrected chi connectivity index (χ1v) is 5.85. The van der Waals surface area contributed by atoms with Crippen molar-refractivity contribution in [3.05, 3.63) is 48.2 Å². The first-order valence-electron chi connectivity index (χ1n) is 4.73. The SMILES string of the molecule is C=C(CC)OC(CBr)c1ccccc1. The van der Waals surface area contributed by atoms with Gasteiger partial charge in [0, 0.05) is 11.8 Å². The van der Waals surface area contributed by atoms with E-state index >= 15 is 0 Å². The summed E-state index contributed by atoms with van der Waals surface area (Å²) in [6, 6.07) is 10.2. The van der Waals surface area contributed by atoms with Gasteiger partial charge in [-0.25, -0.2) is 0 Å². The Bertz CT molecular complexity index is 282. The van der Waals surface area contributed by atoms with Crippen LogP contribution >= 0.6 is 15.9 Å². The molecule has 0 saturated carbocycles. The molecule has 1 aromatic rings. The summed E-state index contributed by atoms with van der Waals surface area (Å²) in [7, 11) is 0. The van der Waals surface area contributed by atoms with Crippen LogP contribution < -0.4 is 0 Å². The number of hydrogen-bond acceptors (Lipinski definition) is 1. The van der Waals surface area contributed by atoms with Gasteiger partial charge in [0.1, 0.15) is 6.10 Å². The summed E-state index contributed by atoms with van der Waals surface area (Å²) < 4.78 is 5.69. The van der Waals surface area contributed by atoms with Crippen LogP contribution in [0.4, 0.5) is 0 Å². The molecule has 0 bridgehead atoms. The first kappa shape index (κ1) is 11.3. The van der Waals surface area contributed by atoms with Crippen LogP contribution in [-0.4, -0.2) is 5.33 Å². The molecule has 0 spiro atoms. The largest absolute Gasteiger partial charge is 0.490 e. The quantitative estimate of drug-likeness (QED) is 0.569. The molecular weight excluding hydrogens is 240 g/mol. The highest BCUT2D eigenvalue weighted by Gasteiger charge is 2.10. The van der Waals surface area contributed by atoms with Gasteiger partial charge in [-0.15, -0.1) is 0 Å². The highest BCUT2D eigenvalue weighted by Crippen LogP contribution is 2.22. The minimum atomic E-state index is 0.0728. The summed E-state index contributed by atoms with van der Waals surface area (Å²) in [5.74, 6) is 0.832. The standard InChI is InChI=1S/C12H15BrO/c1-3-10(2)14-12(9-13)11-7-5-4-6-8-11/h4-8,12H,2-3,9H2,1H3. The van der Waals surface area contributed by atoms with Crippen molar-refractivity contribution >= 4 is 15.9 Å². The van der Waals surface area contributed by atoms with Gasteiger partial charge in [0.15, 0.2) is 0 Å². The van der Waals surface area contributed by atoms with Crippen molar-refractivity contribution in [3.63, 3.8) is 0 Å². The van der Waals surface area contributed by atoms with E-state index in [0.29, 0.717) is 0 Å². The van der Waals surface area contributed by atoms with Gasteiger partial charge in [-0.3, -0.25) is 0 Å². The van der Waals surface area contributed by atoms with E-state index in [1.807, 2.05) is 25.1 Å².